The summed E-state index contributed by atoms with van der Waals surface area (Å²) in [6, 6.07) is 7.84. The largest absolute Gasteiger partial charge is 0.496 e. The normalized spacial score (nSPS) is 10.3. The van der Waals surface area contributed by atoms with Gasteiger partial charge in [-0.25, -0.2) is 0 Å². The fourth-order valence-corrected chi connectivity index (χ4v) is 1.80. The monoisotopic (exact) mass is 266 g/mol. The highest BCUT2D eigenvalue weighted by molar-refractivity contribution is 9.10. The molecule has 0 unspecified atom stereocenters. The highest BCUT2D eigenvalue weighted by atomic mass is 79.9. The zero-order chi connectivity index (χ0) is 10.8. The van der Waals surface area contributed by atoms with E-state index in [1.807, 2.05) is 37.5 Å². The fourth-order valence-electron chi connectivity index (χ4n) is 1.44. The van der Waals surface area contributed by atoms with E-state index in [9.17, 15) is 0 Å². The van der Waals surface area contributed by atoms with Gasteiger partial charge in [0.05, 0.1) is 12.8 Å². The Kier molecular flexibility index (Phi) is 2.77. The van der Waals surface area contributed by atoms with Gasteiger partial charge in [-0.1, -0.05) is 15.9 Å². The van der Waals surface area contributed by atoms with Gasteiger partial charge in [-0.2, -0.15) is 5.10 Å². The molecular weight excluding hydrogens is 256 g/mol. The Hall–Kier alpha value is -1.29. The van der Waals surface area contributed by atoms with Crippen LogP contribution in [0.5, 0.6) is 5.75 Å². The first-order valence-electron chi connectivity index (χ1n) is 4.54. The van der Waals surface area contributed by atoms with Crippen molar-refractivity contribution in [1.29, 1.82) is 0 Å². The molecule has 0 N–H and O–H groups in total. The van der Waals surface area contributed by atoms with Gasteiger partial charge in [-0.3, -0.25) is 4.68 Å². The average Bonchev–Trinajstić information content (AvgIpc) is 2.65. The molecule has 1 heterocycles. The van der Waals surface area contributed by atoms with Crippen molar-refractivity contribution in [2.24, 2.45) is 7.05 Å². The molecule has 0 saturated carbocycles. The minimum absolute atomic E-state index is 0.830. The first-order valence-corrected chi connectivity index (χ1v) is 5.33. The van der Waals surface area contributed by atoms with Crippen molar-refractivity contribution in [3.05, 3.63) is 34.9 Å². The summed E-state index contributed by atoms with van der Waals surface area (Å²) in [6.07, 6.45) is 1.91. The summed E-state index contributed by atoms with van der Waals surface area (Å²) < 4.78 is 8.08. The first-order chi connectivity index (χ1) is 7.20. The lowest BCUT2D eigenvalue weighted by Gasteiger charge is -2.06. The van der Waals surface area contributed by atoms with Crippen molar-refractivity contribution in [1.82, 2.24) is 9.78 Å². The van der Waals surface area contributed by atoms with Crippen LogP contribution in [0, 0.1) is 0 Å². The highest BCUT2D eigenvalue weighted by Crippen LogP contribution is 2.31. The van der Waals surface area contributed by atoms with E-state index in [2.05, 4.69) is 21.0 Å². The third-order valence-electron chi connectivity index (χ3n) is 2.15. The molecule has 1 aromatic carbocycles. The molecule has 15 heavy (non-hydrogen) atoms. The van der Waals surface area contributed by atoms with Crippen molar-refractivity contribution in [2.45, 2.75) is 0 Å². The van der Waals surface area contributed by atoms with Crippen LogP contribution in [-0.2, 0) is 7.05 Å². The Labute approximate surface area is 96.8 Å². The van der Waals surface area contributed by atoms with Gasteiger partial charge in [0.15, 0.2) is 0 Å². The summed E-state index contributed by atoms with van der Waals surface area (Å²) in [5.41, 5.74) is 1.91. The Bertz CT molecular complexity index is 479. The lowest BCUT2D eigenvalue weighted by Crippen LogP contribution is -1.91. The molecule has 0 saturated heterocycles. The minimum Gasteiger partial charge on any atom is -0.496 e. The van der Waals surface area contributed by atoms with E-state index in [0.29, 0.717) is 0 Å². The Morgan fingerprint density at radius 3 is 2.73 bits per heavy atom. The van der Waals surface area contributed by atoms with Gasteiger partial charge in [0.1, 0.15) is 5.75 Å². The molecule has 2 aromatic rings. The molecule has 0 amide bonds. The van der Waals surface area contributed by atoms with E-state index in [1.54, 1.807) is 11.8 Å². The molecule has 78 valence electrons. The van der Waals surface area contributed by atoms with Crippen LogP contribution in [0.1, 0.15) is 0 Å². The molecule has 0 spiro atoms. The molecule has 0 atom stereocenters. The molecule has 0 aliphatic rings. The summed E-state index contributed by atoms with van der Waals surface area (Å²) in [4.78, 5) is 0. The van der Waals surface area contributed by atoms with Gasteiger partial charge < -0.3 is 4.74 Å². The quantitative estimate of drug-likeness (QED) is 0.836. The number of methoxy groups -OCH3 is 1. The SMILES string of the molecule is COc1ccc(Br)cc1-c1ccn(C)n1. The van der Waals surface area contributed by atoms with Crippen molar-refractivity contribution < 1.29 is 4.74 Å². The van der Waals surface area contributed by atoms with E-state index < -0.39 is 0 Å². The van der Waals surface area contributed by atoms with Crippen LogP contribution in [-0.4, -0.2) is 16.9 Å². The van der Waals surface area contributed by atoms with Crippen LogP contribution in [0.2, 0.25) is 0 Å². The fraction of sp³-hybridized carbons (Fsp3) is 0.182. The summed E-state index contributed by atoms with van der Waals surface area (Å²) in [5.74, 6) is 0.830. The van der Waals surface area contributed by atoms with Gasteiger partial charge in [-0.15, -0.1) is 0 Å². The molecule has 0 radical (unpaired) electrons. The van der Waals surface area contributed by atoms with Gasteiger partial charge in [0, 0.05) is 23.3 Å². The number of hydrogen-bond donors (Lipinski definition) is 0. The number of hydrogen-bond acceptors (Lipinski definition) is 2. The predicted molar refractivity (Wildman–Crippen MR) is 62.9 cm³/mol. The topological polar surface area (TPSA) is 27.1 Å². The maximum absolute atomic E-state index is 5.29. The summed E-state index contributed by atoms with van der Waals surface area (Å²) >= 11 is 3.44. The molecule has 0 aliphatic carbocycles. The molecule has 0 aliphatic heterocycles. The maximum Gasteiger partial charge on any atom is 0.128 e. The molecule has 1 aromatic heterocycles. The molecular formula is C11H11BrN2O. The third-order valence-corrected chi connectivity index (χ3v) is 2.64. The van der Waals surface area contributed by atoms with Crippen LogP contribution in [0.15, 0.2) is 34.9 Å². The average molecular weight is 267 g/mol. The molecule has 4 heteroatoms. The molecule has 3 nitrogen and oxygen atoms in total. The highest BCUT2D eigenvalue weighted by Gasteiger charge is 2.08. The van der Waals surface area contributed by atoms with Crippen molar-refractivity contribution in [3.63, 3.8) is 0 Å². The van der Waals surface area contributed by atoms with Crippen LogP contribution in [0.4, 0.5) is 0 Å². The number of rotatable bonds is 2. The van der Waals surface area contributed by atoms with E-state index in [1.165, 1.54) is 0 Å². The second-order valence-electron chi connectivity index (χ2n) is 3.22. The number of ether oxygens (including phenoxy) is 1. The Morgan fingerprint density at radius 1 is 1.33 bits per heavy atom. The lowest BCUT2D eigenvalue weighted by atomic mass is 10.1. The van der Waals surface area contributed by atoms with Crippen LogP contribution in [0.3, 0.4) is 0 Å². The number of nitrogens with zero attached hydrogens (tertiary/aromatic N) is 2. The van der Waals surface area contributed by atoms with E-state index in [4.69, 9.17) is 4.74 Å². The smallest absolute Gasteiger partial charge is 0.128 e. The molecule has 0 bridgehead atoms. The summed E-state index contributed by atoms with van der Waals surface area (Å²) in [6.45, 7) is 0. The number of benzene rings is 1. The van der Waals surface area contributed by atoms with E-state index >= 15 is 0 Å². The van der Waals surface area contributed by atoms with Crippen LogP contribution in [0.25, 0.3) is 11.3 Å². The molecule has 0 fully saturated rings. The van der Waals surface area contributed by atoms with Crippen molar-refractivity contribution in [2.75, 3.05) is 7.11 Å². The number of halogens is 1. The van der Waals surface area contributed by atoms with Crippen molar-refractivity contribution >= 4 is 15.9 Å². The zero-order valence-corrected chi connectivity index (χ0v) is 10.2. The zero-order valence-electron chi connectivity index (χ0n) is 8.57. The van der Waals surface area contributed by atoms with Gasteiger partial charge in [0.2, 0.25) is 0 Å². The maximum atomic E-state index is 5.29. The Balaban J connectivity index is 2.55. The third kappa shape index (κ3) is 2.04. The van der Waals surface area contributed by atoms with Crippen LogP contribution < -0.4 is 4.74 Å². The predicted octanol–water partition coefficient (Wildman–Crippen LogP) is 2.86. The van der Waals surface area contributed by atoms with E-state index in [0.717, 1.165) is 21.5 Å². The first kappa shape index (κ1) is 10.2. The number of aromatic nitrogens is 2. The second kappa shape index (κ2) is 4.06. The Morgan fingerprint density at radius 2 is 2.13 bits per heavy atom. The van der Waals surface area contributed by atoms with Gasteiger partial charge in [0.25, 0.3) is 0 Å². The van der Waals surface area contributed by atoms with Gasteiger partial charge in [-0.05, 0) is 24.3 Å². The summed E-state index contributed by atoms with van der Waals surface area (Å²) in [5, 5.41) is 4.35. The van der Waals surface area contributed by atoms with Crippen LogP contribution >= 0.6 is 15.9 Å². The minimum atomic E-state index is 0.830. The second-order valence-corrected chi connectivity index (χ2v) is 4.13. The summed E-state index contributed by atoms with van der Waals surface area (Å²) in [7, 11) is 3.56. The lowest BCUT2D eigenvalue weighted by molar-refractivity contribution is 0.416. The van der Waals surface area contributed by atoms with E-state index in [-0.39, 0.29) is 0 Å². The van der Waals surface area contributed by atoms with Gasteiger partial charge >= 0.3 is 0 Å². The standard InChI is InChI=1S/C11H11BrN2O/c1-14-6-5-10(13-14)9-7-8(12)3-4-11(9)15-2/h3-7H,1-2H3. The molecule has 2 rings (SSSR count). The number of aryl methyl sites for hydroxylation is 1. The van der Waals surface area contributed by atoms with Crippen molar-refractivity contribution in [3.8, 4) is 17.0 Å².